The highest BCUT2D eigenvalue weighted by Gasteiger charge is 2.32. The molecule has 0 saturated carbocycles. The second-order valence-electron chi connectivity index (χ2n) is 6.79. The van der Waals surface area contributed by atoms with Crippen molar-refractivity contribution in [3.05, 3.63) is 81.9 Å². The number of nitrogens with zero attached hydrogens (tertiary/aromatic N) is 3. The summed E-state index contributed by atoms with van der Waals surface area (Å²) < 4.78 is 25.7. The normalized spacial score (nSPS) is 14.8. The third-order valence-corrected chi connectivity index (χ3v) is 6.07. The summed E-state index contributed by atoms with van der Waals surface area (Å²) in [6, 6.07) is 14.7. The summed E-state index contributed by atoms with van der Waals surface area (Å²) in [6.45, 7) is 2.58. The molecule has 10 heteroatoms. The molecule has 0 N–H and O–H groups in total. The number of thioether (sulfide) groups is 1. The van der Waals surface area contributed by atoms with Gasteiger partial charge >= 0.3 is 0 Å². The summed E-state index contributed by atoms with van der Waals surface area (Å²) in [5, 5.41) is -0.140. The number of hydrogen-bond donors (Lipinski definition) is 0. The fourth-order valence-corrected chi connectivity index (χ4v) is 4.41. The Balaban J connectivity index is 1.57. The van der Waals surface area contributed by atoms with Crippen LogP contribution in [0, 0.1) is 5.82 Å². The Kier molecular flexibility index (Phi) is 7.22. The molecule has 1 fully saturated rings. The van der Waals surface area contributed by atoms with Gasteiger partial charge in [0.25, 0.3) is 11.8 Å². The molecule has 0 atom stereocenters. The number of amides is 1. The Hall–Kier alpha value is -3.01. The Bertz CT molecular complexity index is 1240. The smallest absolute Gasteiger partial charge is 0.266 e. The maximum absolute atomic E-state index is 14.0. The van der Waals surface area contributed by atoms with Crippen LogP contribution in [0.3, 0.4) is 0 Å². The second kappa shape index (κ2) is 10.3. The van der Waals surface area contributed by atoms with Crippen LogP contribution in [0.2, 0.25) is 5.28 Å². The van der Waals surface area contributed by atoms with E-state index in [1.165, 1.54) is 11.8 Å². The first-order valence-corrected chi connectivity index (χ1v) is 11.5. The Morgan fingerprint density at radius 3 is 2.76 bits per heavy atom. The number of carbonyl (C=O) groups excluding carboxylic acids is 1. The van der Waals surface area contributed by atoms with Crippen LogP contribution < -0.4 is 9.47 Å². The van der Waals surface area contributed by atoms with Gasteiger partial charge in [-0.3, -0.25) is 9.69 Å². The Labute approximate surface area is 204 Å². The van der Waals surface area contributed by atoms with Gasteiger partial charge in [-0.15, -0.1) is 0 Å². The molecule has 4 rings (SSSR count). The van der Waals surface area contributed by atoms with Crippen molar-refractivity contribution in [3.63, 3.8) is 0 Å². The zero-order chi connectivity index (χ0) is 23.4. The number of ether oxygens (including phenoxy) is 2. The summed E-state index contributed by atoms with van der Waals surface area (Å²) >= 11 is 12.4. The molecule has 0 radical (unpaired) electrons. The van der Waals surface area contributed by atoms with Gasteiger partial charge in [0.05, 0.1) is 24.3 Å². The number of rotatable bonds is 7. The predicted octanol–water partition coefficient (Wildman–Crippen LogP) is 5.86. The molecule has 168 valence electrons. The first-order valence-electron chi connectivity index (χ1n) is 9.86. The number of halogens is 2. The summed E-state index contributed by atoms with van der Waals surface area (Å²) in [5.74, 6) is -0.622. The highest BCUT2D eigenvalue weighted by Crippen LogP contribution is 2.37. The summed E-state index contributed by atoms with van der Waals surface area (Å²) in [4.78, 5) is 22.3. The van der Waals surface area contributed by atoms with E-state index >= 15 is 0 Å². The van der Waals surface area contributed by atoms with Crippen LogP contribution in [0.25, 0.3) is 6.08 Å². The van der Waals surface area contributed by atoms with Crippen molar-refractivity contribution < 1.29 is 18.7 Å². The molecule has 0 bridgehead atoms. The van der Waals surface area contributed by atoms with Crippen LogP contribution >= 0.6 is 35.6 Å². The van der Waals surface area contributed by atoms with Crippen molar-refractivity contribution in [2.24, 2.45) is 0 Å². The van der Waals surface area contributed by atoms with Crippen molar-refractivity contribution in [1.29, 1.82) is 0 Å². The van der Waals surface area contributed by atoms with Gasteiger partial charge in [0.15, 0.2) is 11.5 Å². The van der Waals surface area contributed by atoms with Crippen molar-refractivity contribution >= 4 is 51.9 Å². The molecule has 6 nitrogen and oxygen atoms in total. The number of hydrogen-bond acceptors (Lipinski definition) is 7. The third-order valence-electron chi connectivity index (χ3n) is 4.51. The number of aromatic nitrogens is 2. The molecule has 1 aliphatic heterocycles. The average molecular weight is 502 g/mol. The van der Waals surface area contributed by atoms with Crippen LogP contribution in [-0.2, 0) is 11.3 Å². The van der Waals surface area contributed by atoms with Gasteiger partial charge in [-0.2, -0.15) is 9.37 Å². The van der Waals surface area contributed by atoms with E-state index in [1.54, 1.807) is 29.2 Å². The lowest BCUT2D eigenvalue weighted by Crippen LogP contribution is -2.27. The van der Waals surface area contributed by atoms with Crippen molar-refractivity contribution in [3.8, 4) is 17.4 Å². The fourth-order valence-electron chi connectivity index (χ4n) is 3.03. The molecule has 1 amide bonds. The fraction of sp³-hybridized carbons (Fsp3) is 0.130. The van der Waals surface area contributed by atoms with E-state index in [9.17, 15) is 9.18 Å². The molecule has 1 saturated heterocycles. The van der Waals surface area contributed by atoms with Crippen molar-refractivity contribution in [2.45, 2.75) is 13.5 Å². The Morgan fingerprint density at radius 1 is 1.21 bits per heavy atom. The highest BCUT2D eigenvalue weighted by molar-refractivity contribution is 8.26. The molecular weight excluding hydrogens is 485 g/mol. The maximum Gasteiger partial charge on any atom is 0.266 e. The number of carbonyl (C=O) groups is 1. The lowest BCUT2D eigenvalue weighted by Gasteiger charge is -2.14. The van der Waals surface area contributed by atoms with Crippen LogP contribution in [0.15, 0.2) is 59.6 Å². The molecule has 0 aliphatic carbocycles. The Morgan fingerprint density at radius 2 is 2.00 bits per heavy atom. The number of thiocarbonyl (C=S) groups is 1. The van der Waals surface area contributed by atoms with E-state index in [4.69, 9.17) is 33.3 Å². The second-order valence-corrected chi connectivity index (χ2v) is 8.80. The summed E-state index contributed by atoms with van der Waals surface area (Å²) in [5.41, 5.74) is 1.69. The van der Waals surface area contributed by atoms with Crippen LogP contribution in [0.1, 0.15) is 18.1 Å². The molecule has 3 aromatic rings. The highest BCUT2D eigenvalue weighted by atomic mass is 35.5. The third kappa shape index (κ3) is 5.50. The van der Waals surface area contributed by atoms with Crippen molar-refractivity contribution in [2.75, 3.05) is 6.61 Å². The van der Waals surface area contributed by atoms with Gasteiger partial charge in [0, 0.05) is 0 Å². The largest absolute Gasteiger partial charge is 0.490 e. The quantitative estimate of drug-likeness (QED) is 0.228. The van der Waals surface area contributed by atoms with Gasteiger partial charge in [-0.1, -0.05) is 60.4 Å². The average Bonchev–Trinajstić information content (AvgIpc) is 3.06. The SMILES string of the molecule is CCOc1cc(/C=C2\SC(=S)N(Cc3ccccc3)C2=O)ccc1Oc1nc(Cl)ncc1F. The van der Waals surface area contributed by atoms with Gasteiger partial charge in [-0.25, -0.2) is 4.98 Å². The molecule has 33 heavy (non-hydrogen) atoms. The lowest BCUT2D eigenvalue weighted by molar-refractivity contribution is -0.122. The molecule has 1 aliphatic rings. The standard InChI is InChI=1S/C23H17ClFN3O3S2/c1-2-30-18-10-15(8-9-17(18)31-20-16(25)12-26-22(24)27-20)11-19-21(29)28(23(32)33-19)13-14-6-4-3-5-7-14/h3-12H,2,13H2,1H3/b19-11-. The van der Waals surface area contributed by atoms with E-state index in [1.807, 2.05) is 37.3 Å². The van der Waals surface area contributed by atoms with Gasteiger partial charge in [-0.05, 0) is 47.9 Å². The van der Waals surface area contributed by atoms with Crippen LogP contribution in [0.4, 0.5) is 4.39 Å². The number of benzene rings is 2. The zero-order valence-electron chi connectivity index (χ0n) is 17.3. The minimum absolute atomic E-state index is 0.140. The summed E-state index contributed by atoms with van der Waals surface area (Å²) in [6.07, 6.45) is 2.66. The van der Waals surface area contributed by atoms with E-state index in [0.717, 1.165) is 11.8 Å². The molecule has 0 unspecified atom stereocenters. The first-order chi connectivity index (χ1) is 15.9. The van der Waals surface area contributed by atoms with E-state index in [0.29, 0.717) is 33.7 Å². The first kappa shape index (κ1) is 23.2. The zero-order valence-corrected chi connectivity index (χ0v) is 19.7. The van der Waals surface area contributed by atoms with E-state index in [-0.39, 0.29) is 22.8 Å². The minimum Gasteiger partial charge on any atom is -0.490 e. The molecular formula is C23H17ClFN3O3S2. The van der Waals surface area contributed by atoms with Crippen LogP contribution in [-0.4, -0.2) is 31.7 Å². The lowest BCUT2D eigenvalue weighted by atomic mass is 10.1. The van der Waals surface area contributed by atoms with Gasteiger partial charge < -0.3 is 9.47 Å². The minimum atomic E-state index is -0.756. The maximum atomic E-state index is 14.0. The topological polar surface area (TPSA) is 64.5 Å². The van der Waals surface area contributed by atoms with E-state index in [2.05, 4.69) is 9.97 Å². The molecule has 1 aromatic heterocycles. The monoisotopic (exact) mass is 501 g/mol. The molecule has 2 heterocycles. The summed E-state index contributed by atoms with van der Waals surface area (Å²) in [7, 11) is 0. The van der Waals surface area contributed by atoms with Gasteiger partial charge in [0.2, 0.25) is 11.1 Å². The van der Waals surface area contributed by atoms with Crippen molar-refractivity contribution in [1.82, 2.24) is 14.9 Å². The molecule has 0 spiro atoms. The van der Waals surface area contributed by atoms with Crippen LogP contribution in [0.5, 0.6) is 17.4 Å². The van der Waals surface area contributed by atoms with E-state index < -0.39 is 5.82 Å². The van der Waals surface area contributed by atoms with Gasteiger partial charge in [0.1, 0.15) is 4.32 Å². The predicted molar refractivity (Wildman–Crippen MR) is 130 cm³/mol. The molecule has 2 aromatic carbocycles.